The second-order valence-electron chi connectivity index (χ2n) is 6.44. The first kappa shape index (κ1) is 21.9. The van der Waals surface area contributed by atoms with E-state index in [1.165, 1.54) is 0 Å². The van der Waals surface area contributed by atoms with Crippen molar-refractivity contribution in [2.45, 2.75) is 26.8 Å². The number of hydrogen-bond donors (Lipinski definition) is 3. The molecule has 0 aliphatic heterocycles. The molecule has 1 atom stereocenters. The average Bonchev–Trinajstić information content (AvgIpc) is 2.70. The number of halogens is 1. The summed E-state index contributed by atoms with van der Waals surface area (Å²) in [6.07, 6.45) is 0.773. The van der Waals surface area contributed by atoms with Crippen LogP contribution in [0.25, 0.3) is 0 Å². The van der Waals surface area contributed by atoms with Gasteiger partial charge in [-0.15, -0.1) is 0 Å². The molecule has 28 heavy (non-hydrogen) atoms. The number of carbonyl (C=O) groups is 3. The van der Waals surface area contributed by atoms with Gasteiger partial charge < -0.3 is 16.0 Å². The molecule has 0 spiro atoms. The molecule has 0 radical (unpaired) electrons. The molecular weight excluding hydrogens is 469 g/mol. The van der Waals surface area contributed by atoms with E-state index >= 15 is 0 Å². The third kappa shape index (κ3) is 6.63. The van der Waals surface area contributed by atoms with Gasteiger partial charge in [-0.2, -0.15) is 0 Å². The Morgan fingerprint density at radius 3 is 2.50 bits per heavy atom. The van der Waals surface area contributed by atoms with Gasteiger partial charge in [-0.05, 0) is 58.8 Å². The summed E-state index contributed by atoms with van der Waals surface area (Å²) < 4.78 is 0.828. The zero-order chi connectivity index (χ0) is 20.5. The van der Waals surface area contributed by atoms with Crippen LogP contribution in [-0.4, -0.2) is 24.3 Å². The molecule has 0 heterocycles. The molecule has 0 fully saturated rings. The van der Waals surface area contributed by atoms with Crippen LogP contribution in [0.4, 0.5) is 5.69 Å². The van der Waals surface area contributed by atoms with E-state index in [4.69, 9.17) is 0 Å². The van der Waals surface area contributed by atoms with E-state index in [-0.39, 0.29) is 30.2 Å². The van der Waals surface area contributed by atoms with Gasteiger partial charge in [0.15, 0.2) is 0 Å². The van der Waals surface area contributed by atoms with Gasteiger partial charge in [0, 0.05) is 21.7 Å². The molecule has 3 amide bonds. The predicted molar refractivity (Wildman–Crippen MR) is 118 cm³/mol. The molecule has 148 valence electrons. The summed E-state index contributed by atoms with van der Waals surface area (Å²) in [5.41, 5.74) is 2.10. The van der Waals surface area contributed by atoms with E-state index in [1.54, 1.807) is 12.1 Å². The molecule has 2 aromatic carbocycles. The molecule has 0 aromatic heterocycles. The van der Waals surface area contributed by atoms with E-state index in [0.717, 1.165) is 15.6 Å². The first-order valence-corrected chi connectivity index (χ1v) is 10.2. The lowest BCUT2D eigenvalue weighted by molar-refractivity contribution is -0.120. The minimum atomic E-state index is -0.284. The van der Waals surface area contributed by atoms with Crippen LogP contribution in [0.3, 0.4) is 0 Å². The fraction of sp³-hybridized carbons (Fsp3) is 0.286. The highest BCUT2D eigenvalue weighted by Gasteiger charge is 2.12. The summed E-state index contributed by atoms with van der Waals surface area (Å²) in [7, 11) is 0. The highest BCUT2D eigenvalue weighted by Crippen LogP contribution is 2.13. The number of nitrogens with one attached hydrogen (secondary N) is 3. The van der Waals surface area contributed by atoms with E-state index in [2.05, 4.69) is 38.5 Å². The van der Waals surface area contributed by atoms with Crippen molar-refractivity contribution in [3.05, 3.63) is 63.2 Å². The Kier molecular flexibility index (Phi) is 8.43. The standard InChI is InChI=1S/C21H24IN3O3/c1-3-14(2)20(27)25-16-8-6-7-15(11-16)12-23-19(26)13-24-21(28)17-9-4-5-10-18(17)22/h4-11,14H,3,12-13H2,1-2H3,(H,23,26)(H,24,28)(H,25,27). The van der Waals surface area contributed by atoms with Crippen LogP contribution < -0.4 is 16.0 Å². The van der Waals surface area contributed by atoms with Gasteiger partial charge in [0.1, 0.15) is 0 Å². The quantitative estimate of drug-likeness (QED) is 0.494. The van der Waals surface area contributed by atoms with Crippen molar-refractivity contribution in [3.8, 4) is 0 Å². The highest BCUT2D eigenvalue weighted by atomic mass is 127. The first-order chi connectivity index (χ1) is 13.4. The maximum absolute atomic E-state index is 12.1. The number of amides is 3. The van der Waals surface area contributed by atoms with Crippen LogP contribution in [-0.2, 0) is 16.1 Å². The van der Waals surface area contributed by atoms with Crippen molar-refractivity contribution in [1.82, 2.24) is 10.6 Å². The van der Waals surface area contributed by atoms with Crippen molar-refractivity contribution in [2.75, 3.05) is 11.9 Å². The summed E-state index contributed by atoms with van der Waals surface area (Å²) in [6.45, 7) is 4.05. The number of benzene rings is 2. The SMILES string of the molecule is CCC(C)C(=O)Nc1cccc(CNC(=O)CNC(=O)c2ccccc2I)c1. The number of carbonyl (C=O) groups excluding carboxylic acids is 3. The molecule has 0 aliphatic carbocycles. The molecule has 0 saturated heterocycles. The van der Waals surface area contributed by atoms with Crippen LogP contribution in [0.15, 0.2) is 48.5 Å². The van der Waals surface area contributed by atoms with Gasteiger partial charge in [-0.1, -0.05) is 38.1 Å². The van der Waals surface area contributed by atoms with Crippen molar-refractivity contribution in [3.63, 3.8) is 0 Å². The average molecular weight is 493 g/mol. The number of rotatable bonds is 8. The smallest absolute Gasteiger partial charge is 0.252 e. The van der Waals surface area contributed by atoms with Gasteiger partial charge >= 0.3 is 0 Å². The first-order valence-electron chi connectivity index (χ1n) is 9.10. The molecule has 6 nitrogen and oxygen atoms in total. The lowest BCUT2D eigenvalue weighted by Crippen LogP contribution is -2.36. The molecule has 0 aliphatic rings. The van der Waals surface area contributed by atoms with Gasteiger partial charge in [0.25, 0.3) is 5.91 Å². The van der Waals surface area contributed by atoms with Gasteiger partial charge in [-0.3, -0.25) is 14.4 Å². The maximum atomic E-state index is 12.1. The monoisotopic (exact) mass is 493 g/mol. The fourth-order valence-electron chi connectivity index (χ4n) is 2.37. The van der Waals surface area contributed by atoms with E-state index in [0.29, 0.717) is 17.8 Å². The van der Waals surface area contributed by atoms with Crippen molar-refractivity contribution < 1.29 is 14.4 Å². The molecule has 2 rings (SSSR count). The summed E-state index contributed by atoms with van der Waals surface area (Å²) in [5, 5.41) is 8.26. The Morgan fingerprint density at radius 2 is 1.79 bits per heavy atom. The topological polar surface area (TPSA) is 87.3 Å². The minimum absolute atomic E-state index is 0.0260. The van der Waals surface area contributed by atoms with Crippen LogP contribution >= 0.6 is 22.6 Å². The second-order valence-corrected chi connectivity index (χ2v) is 7.60. The zero-order valence-corrected chi connectivity index (χ0v) is 18.1. The Labute approximate surface area is 178 Å². The van der Waals surface area contributed by atoms with Gasteiger partial charge in [-0.25, -0.2) is 0 Å². The Bertz CT molecular complexity index is 854. The number of hydrogen-bond acceptors (Lipinski definition) is 3. The molecule has 3 N–H and O–H groups in total. The summed E-state index contributed by atoms with van der Waals surface area (Å²) in [6, 6.07) is 14.5. The Balaban J connectivity index is 1.82. The third-order valence-corrected chi connectivity index (χ3v) is 5.21. The fourth-order valence-corrected chi connectivity index (χ4v) is 3.01. The Hall–Kier alpha value is -2.42. The molecule has 7 heteroatoms. The van der Waals surface area contributed by atoms with E-state index in [9.17, 15) is 14.4 Å². The van der Waals surface area contributed by atoms with Crippen LogP contribution in [0.5, 0.6) is 0 Å². The van der Waals surface area contributed by atoms with Crippen molar-refractivity contribution in [2.24, 2.45) is 5.92 Å². The highest BCUT2D eigenvalue weighted by molar-refractivity contribution is 14.1. The summed E-state index contributed by atoms with van der Waals surface area (Å²) >= 11 is 2.08. The molecular formula is C21H24IN3O3. The van der Waals surface area contributed by atoms with Crippen molar-refractivity contribution in [1.29, 1.82) is 0 Å². The number of anilines is 1. The molecule has 1 unspecified atom stereocenters. The zero-order valence-electron chi connectivity index (χ0n) is 15.9. The molecule has 0 saturated carbocycles. The molecule has 0 bridgehead atoms. The van der Waals surface area contributed by atoms with Crippen LogP contribution in [0.2, 0.25) is 0 Å². The van der Waals surface area contributed by atoms with Gasteiger partial charge in [0.05, 0.1) is 12.1 Å². The normalized spacial score (nSPS) is 11.4. The Morgan fingerprint density at radius 1 is 1.04 bits per heavy atom. The largest absolute Gasteiger partial charge is 0.350 e. The minimum Gasteiger partial charge on any atom is -0.350 e. The van der Waals surface area contributed by atoms with Gasteiger partial charge in [0.2, 0.25) is 11.8 Å². The van der Waals surface area contributed by atoms with E-state index in [1.807, 2.05) is 50.2 Å². The van der Waals surface area contributed by atoms with Crippen molar-refractivity contribution >= 4 is 46.0 Å². The second kappa shape index (κ2) is 10.8. The molecule has 2 aromatic rings. The lowest BCUT2D eigenvalue weighted by Gasteiger charge is -2.12. The third-order valence-electron chi connectivity index (χ3n) is 4.27. The summed E-state index contributed by atoms with van der Waals surface area (Å²) in [5.74, 6) is -0.648. The summed E-state index contributed by atoms with van der Waals surface area (Å²) in [4.78, 5) is 36.2. The lowest BCUT2D eigenvalue weighted by atomic mass is 10.1. The van der Waals surface area contributed by atoms with Crippen LogP contribution in [0.1, 0.15) is 36.2 Å². The van der Waals surface area contributed by atoms with E-state index < -0.39 is 0 Å². The predicted octanol–water partition coefficient (Wildman–Crippen LogP) is 3.32. The van der Waals surface area contributed by atoms with Crippen LogP contribution in [0, 0.1) is 9.49 Å². The maximum Gasteiger partial charge on any atom is 0.252 e.